The van der Waals surface area contributed by atoms with E-state index < -0.39 is 23.7 Å². The highest BCUT2D eigenvalue weighted by molar-refractivity contribution is 6.33. The van der Waals surface area contributed by atoms with Crippen LogP contribution in [0.2, 0.25) is 5.02 Å². The number of halogens is 4. The van der Waals surface area contributed by atoms with Gasteiger partial charge in [0, 0.05) is 0 Å². The monoisotopic (exact) mass is 293 g/mol. The summed E-state index contributed by atoms with van der Waals surface area (Å²) in [6, 6.07) is 2.71. The number of esters is 2. The second-order valence-electron chi connectivity index (χ2n) is 3.87. The molecule has 0 atom stereocenters. The average Bonchev–Trinajstić information content (AvgIpc) is 2.26. The normalized spacial score (nSPS) is 16.5. The molecule has 1 aromatic carbocycles. The van der Waals surface area contributed by atoms with Crippen LogP contribution < -0.4 is 4.90 Å². The Kier molecular flexibility index (Phi) is 3.40. The molecule has 1 aromatic rings. The Labute approximate surface area is 110 Å². The summed E-state index contributed by atoms with van der Waals surface area (Å²) in [5.41, 5.74) is -0.716. The molecule has 1 aliphatic rings. The van der Waals surface area contributed by atoms with Crippen LogP contribution in [0.1, 0.15) is 5.56 Å². The Morgan fingerprint density at radius 2 is 1.74 bits per heavy atom. The minimum Gasteiger partial charge on any atom is -0.390 e. The first-order valence-corrected chi connectivity index (χ1v) is 5.50. The van der Waals surface area contributed by atoms with Gasteiger partial charge >= 0.3 is 18.1 Å². The second kappa shape index (κ2) is 4.73. The largest absolute Gasteiger partial charge is 0.416 e. The predicted molar refractivity (Wildman–Crippen MR) is 59.8 cm³/mol. The van der Waals surface area contributed by atoms with E-state index >= 15 is 0 Å². The van der Waals surface area contributed by atoms with Crippen molar-refractivity contribution in [1.29, 1.82) is 0 Å². The number of anilines is 1. The summed E-state index contributed by atoms with van der Waals surface area (Å²) in [5.74, 6) is -1.54. The highest BCUT2D eigenvalue weighted by Crippen LogP contribution is 2.35. The molecule has 0 aromatic heterocycles. The maximum atomic E-state index is 12.5. The van der Waals surface area contributed by atoms with Crippen molar-refractivity contribution in [3.8, 4) is 0 Å². The molecule has 0 unspecified atom stereocenters. The number of ether oxygens (including phenoxy) is 1. The predicted octanol–water partition coefficient (Wildman–Crippen LogP) is 2.25. The Morgan fingerprint density at radius 1 is 1.16 bits per heavy atom. The van der Waals surface area contributed by atoms with Crippen molar-refractivity contribution in [2.75, 3.05) is 18.0 Å². The van der Waals surface area contributed by atoms with Gasteiger partial charge in [0.1, 0.15) is 13.1 Å². The number of hydrogen-bond donors (Lipinski definition) is 0. The third-order valence-electron chi connectivity index (χ3n) is 2.48. The molecule has 0 spiro atoms. The molecule has 0 bridgehead atoms. The van der Waals surface area contributed by atoms with Crippen molar-refractivity contribution in [3.63, 3.8) is 0 Å². The smallest absolute Gasteiger partial charge is 0.390 e. The number of rotatable bonds is 1. The molecule has 19 heavy (non-hydrogen) atoms. The number of cyclic esters (lactones) is 2. The zero-order chi connectivity index (χ0) is 14.2. The van der Waals surface area contributed by atoms with Gasteiger partial charge in [0.2, 0.25) is 0 Å². The second-order valence-corrected chi connectivity index (χ2v) is 4.27. The van der Waals surface area contributed by atoms with Crippen molar-refractivity contribution < 1.29 is 27.5 Å². The van der Waals surface area contributed by atoms with Gasteiger partial charge in [0.05, 0.1) is 16.3 Å². The standard InChI is InChI=1S/C11H7ClF3NO3/c12-7-3-6(11(13,14)15)1-2-8(7)16-4-9(17)19-10(18)5-16/h1-3H,4-5H2. The summed E-state index contributed by atoms with van der Waals surface area (Å²) in [4.78, 5) is 23.4. The highest BCUT2D eigenvalue weighted by atomic mass is 35.5. The van der Waals surface area contributed by atoms with E-state index in [1.807, 2.05) is 0 Å². The molecule has 0 aliphatic carbocycles. The molecule has 4 nitrogen and oxygen atoms in total. The van der Waals surface area contributed by atoms with E-state index in [1.54, 1.807) is 0 Å². The Bertz CT molecular complexity index is 528. The van der Waals surface area contributed by atoms with Gasteiger partial charge in [-0.3, -0.25) is 0 Å². The molecule has 0 amide bonds. The Hall–Kier alpha value is -1.76. The lowest BCUT2D eigenvalue weighted by atomic mass is 10.2. The molecular formula is C11H7ClF3NO3. The number of alkyl halides is 3. The zero-order valence-corrected chi connectivity index (χ0v) is 10.1. The van der Waals surface area contributed by atoms with E-state index in [1.165, 1.54) is 4.90 Å². The van der Waals surface area contributed by atoms with Crippen LogP contribution in [0.25, 0.3) is 0 Å². The van der Waals surface area contributed by atoms with Gasteiger partial charge in [-0.05, 0) is 18.2 Å². The van der Waals surface area contributed by atoms with Crippen LogP contribution in [0.5, 0.6) is 0 Å². The van der Waals surface area contributed by atoms with Gasteiger partial charge in [0.15, 0.2) is 0 Å². The summed E-state index contributed by atoms with van der Waals surface area (Å²) >= 11 is 5.76. The van der Waals surface area contributed by atoms with Crippen LogP contribution in [-0.4, -0.2) is 25.0 Å². The molecule has 1 aliphatic heterocycles. The van der Waals surface area contributed by atoms with Crippen LogP contribution in [0, 0.1) is 0 Å². The average molecular weight is 294 g/mol. The first-order valence-electron chi connectivity index (χ1n) is 5.12. The van der Waals surface area contributed by atoms with E-state index in [9.17, 15) is 22.8 Å². The van der Waals surface area contributed by atoms with Crippen LogP contribution in [0.4, 0.5) is 18.9 Å². The van der Waals surface area contributed by atoms with E-state index in [0.717, 1.165) is 18.2 Å². The molecule has 1 heterocycles. The minimum atomic E-state index is -4.50. The number of carbonyl (C=O) groups is 2. The molecule has 2 rings (SSSR count). The molecule has 1 fully saturated rings. The van der Waals surface area contributed by atoms with Crippen LogP contribution in [0.3, 0.4) is 0 Å². The summed E-state index contributed by atoms with van der Waals surface area (Å²) < 4.78 is 41.7. The molecule has 102 valence electrons. The van der Waals surface area contributed by atoms with E-state index in [4.69, 9.17) is 11.6 Å². The topological polar surface area (TPSA) is 46.6 Å². The van der Waals surface area contributed by atoms with Gasteiger partial charge < -0.3 is 9.64 Å². The highest BCUT2D eigenvalue weighted by Gasteiger charge is 2.32. The van der Waals surface area contributed by atoms with Crippen molar-refractivity contribution in [1.82, 2.24) is 0 Å². The van der Waals surface area contributed by atoms with Gasteiger partial charge in [-0.1, -0.05) is 11.6 Å². The van der Waals surface area contributed by atoms with Crippen LogP contribution in [0.15, 0.2) is 18.2 Å². The SMILES string of the molecule is O=C1CN(c2ccc(C(F)(F)F)cc2Cl)CC(=O)O1. The van der Waals surface area contributed by atoms with Crippen molar-refractivity contribution >= 4 is 29.2 Å². The number of nitrogens with zero attached hydrogens (tertiary/aromatic N) is 1. The maximum Gasteiger partial charge on any atom is 0.416 e. The molecule has 8 heteroatoms. The molecule has 0 saturated carbocycles. The van der Waals surface area contributed by atoms with E-state index in [-0.39, 0.29) is 23.8 Å². The first kappa shape index (κ1) is 13.7. The quantitative estimate of drug-likeness (QED) is 0.588. The van der Waals surface area contributed by atoms with Gasteiger partial charge in [-0.25, -0.2) is 9.59 Å². The van der Waals surface area contributed by atoms with E-state index in [0.29, 0.717) is 0 Å². The fourth-order valence-corrected chi connectivity index (χ4v) is 1.97. The van der Waals surface area contributed by atoms with Crippen molar-refractivity contribution in [2.24, 2.45) is 0 Å². The lowest BCUT2D eigenvalue weighted by Gasteiger charge is -2.27. The van der Waals surface area contributed by atoms with Crippen LogP contribution in [-0.2, 0) is 20.5 Å². The summed E-state index contributed by atoms with van der Waals surface area (Å²) in [5, 5.41) is -0.183. The number of benzene rings is 1. The lowest BCUT2D eigenvalue weighted by Crippen LogP contribution is -2.43. The van der Waals surface area contributed by atoms with E-state index in [2.05, 4.69) is 4.74 Å². The zero-order valence-electron chi connectivity index (χ0n) is 9.33. The number of morpholine rings is 1. The van der Waals surface area contributed by atoms with Gasteiger partial charge in [-0.2, -0.15) is 13.2 Å². The molecule has 1 saturated heterocycles. The molecular weight excluding hydrogens is 287 g/mol. The Balaban J connectivity index is 2.31. The third kappa shape index (κ3) is 2.98. The van der Waals surface area contributed by atoms with Crippen molar-refractivity contribution in [3.05, 3.63) is 28.8 Å². The molecule has 0 N–H and O–H groups in total. The summed E-state index contributed by atoms with van der Waals surface area (Å²) in [7, 11) is 0. The maximum absolute atomic E-state index is 12.5. The van der Waals surface area contributed by atoms with Gasteiger partial charge in [-0.15, -0.1) is 0 Å². The van der Waals surface area contributed by atoms with Crippen molar-refractivity contribution in [2.45, 2.75) is 6.18 Å². The summed E-state index contributed by atoms with van der Waals surface area (Å²) in [6.45, 7) is -0.479. The Morgan fingerprint density at radius 3 is 2.21 bits per heavy atom. The van der Waals surface area contributed by atoms with Crippen LogP contribution >= 0.6 is 11.6 Å². The third-order valence-corrected chi connectivity index (χ3v) is 2.79. The van der Waals surface area contributed by atoms with Gasteiger partial charge in [0.25, 0.3) is 0 Å². The fraction of sp³-hybridized carbons (Fsp3) is 0.273. The number of carbonyl (C=O) groups excluding carboxylic acids is 2. The minimum absolute atomic E-state index is 0.180. The molecule has 0 radical (unpaired) electrons. The first-order chi connectivity index (χ1) is 8.77. The number of hydrogen-bond acceptors (Lipinski definition) is 4. The fourth-order valence-electron chi connectivity index (χ4n) is 1.67. The summed E-state index contributed by atoms with van der Waals surface area (Å²) in [6.07, 6.45) is -4.50. The lowest BCUT2D eigenvalue weighted by molar-refractivity contribution is -0.160.